The zero-order valence-electron chi connectivity index (χ0n) is 16.2. The van der Waals surface area contributed by atoms with Crippen LogP contribution in [0.3, 0.4) is 0 Å². The van der Waals surface area contributed by atoms with E-state index in [1.807, 2.05) is 31.2 Å². The predicted octanol–water partition coefficient (Wildman–Crippen LogP) is 3.23. The molecule has 0 amide bonds. The number of pyridine rings is 1. The lowest BCUT2D eigenvalue weighted by Crippen LogP contribution is -2.25. The molecule has 3 N–H and O–H groups in total. The molecule has 0 aliphatic rings. The van der Waals surface area contributed by atoms with Crippen LogP contribution in [0.25, 0.3) is 21.9 Å². The zero-order valence-corrected chi connectivity index (χ0v) is 17.0. The van der Waals surface area contributed by atoms with Crippen LogP contribution < -0.4 is 10.5 Å². The van der Waals surface area contributed by atoms with Gasteiger partial charge in [-0.15, -0.1) is 0 Å². The van der Waals surface area contributed by atoms with Gasteiger partial charge in [-0.2, -0.15) is 0 Å². The van der Waals surface area contributed by atoms with E-state index < -0.39 is 10.0 Å². The summed E-state index contributed by atoms with van der Waals surface area (Å²) >= 11 is 0. The lowest BCUT2D eigenvalue weighted by atomic mass is 10.2. The predicted molar refractivity (Wildman–Crippen MR) is 115 cm³/mol. The molecule has 0 atom stereocenters. The summed E-state index contributed by atoms with van der Waals surface area (Å²) < 4.78 is 29.4. The van der Waals surface area contributed by atoms with Gasteiger partial charge in [-0.3, -0.25) is 0 Å². The van der Waals surface area contributed by atoms with E-state index in [1.165, 1.54) is 0 Å². The first-order valence-electron chi connectivity index (χ1n) is 9.51. The molecule has 2 aromatic heterocycles. The Bertz CT molecular complexity index is 1260. The molecular weight excluding hydrogens is 386 g/mol. The third-order valence-corrected chi connectivity index (χ3v) is 6.41. The number of rotatable bonds is 7. The largest absolute Gasteiger partial charge is 0.382 e. The van der Waals surface area contributed by atoms with Crippen molar-refractivity contribution in [2.24, 2.45) is 0 Å². The van der Waals surface area contributed by atoms with Crippen molar-refractivity contribution in [3.63, 3.8) is 0 Å². The van der Waals surface area contributed by atoms with Gasteiger partial charge >= 0.3 is 0 Å². The molecule has 2 aromatic carbocycles. The van der Waals surface area contributed by atoms with E-state index in [-0.39, 0.29) is 4.90 Å². The van der Waals surface area contributed by atoms with Crippen LogP contribution in [-0.2, 0) is 16.6 Å². The van der Waals surface area contributed by atoms with Crippen LogP contribution in [0.4, 0.5) is 5.82 Å². The van der Waals surface area contributed by atoms with E-state index in [0.717, 1.165) is 34.9 Å². The fraction of sp³-hybridized carbons (Fsp3) is 0.238. The Hall–Kier alpha value is -2.97. The van der Waals surface area contributed by atoms with Crippen molar-refractivity contribution in [3.05, 3.63) is 60.4 Å². The smallest absolute Gasteiger partial charge is 0.240 e. The highest BCUT2D eigenvalue weighted by Crippen LogP contribution is 2.27. The van der Waals surface area contributed by atoms with Gasteiger partial charge in [0.05, 0.1) is 22.3 Å². The van der Waals surface area contributed by atoms with Gasteiger partial charge in [0.15, 0.2) is 5.82 Å². The minimum absolute atomic E-state index is 0.290. The maximum atomic E-state index is 12.3. The van der Waals surface area contributed by atoms with Crippen molar-refractivity contribution in [3.8, 4) is 0 Å². The number of hydrogen-bond donors (Lipinski definition) is 2. The highest BCUT2D eigenvalue weighted by atomic mass is 32.2. The van der Waals surface area contributed by atoms with Crippen LogP contribution >= 0.6 is 0 Å². The molecule has 4 rings (SSSR count). The molecule has 0 unspecified atom stereocenters. The Morgan fingerprint density at radius 1 is 1.07 bits per heavy atom. The van der Waals surface area contributed by atoms with Crippen LogP contribution in [0.15, 0.2) is 59.8 Å². The maximum absolute atomic E-state index is 12.3. The van der Waals surface area contributed by atoms with E-state index >= 15 is 0 Å². The van der Waals surface area contributed by atoms with Gasteiger partial charge in [-0.05, 0) is 38.0 Å². The number of sulfonamides is 1. The number of unbranched alkanes of at least 4 members (excludes halogenated alkanes) is 1. The van der Waals surface area contributed by atoms with Gasteiger partial charge in [0.25, 0.3) is 0 Å². The monoisotopic (exact) mass is 409 g/mol. The molecule has 29 heavy (non-hydrogen) atoms. The van der Waals surface area contributed by atoms with Gasteiger partial charge in [0.1, 0.15) is 5.52 Å². The molecule has 0 saturated carbocycles. The SMILES string of the molecule is Cc1ccc(S(=O)(=O)NCCCCn2cnc3c(N)nc4ccccc4c32)cc1. The van der Waals surface area contributed by atoms with Crippen molar-refractivity contribution in [2.75, 3.05) is 12.3 Å². The molecule has 150 valence electrons. The minimum atomic E-state index is -3.47. The summed E-state index contributed by atoms with van der Waals surface area (Å²) in [6.45, 7) is 3.03. The van der Waals surface area contributed by atoms with Crippen molar-refractivity contribution < 1.29 is 8.42 Å². The Morgan fingerprint density at radius 3 is 2.62 bits per heavy atom. The van der Waals surface area contributed by atoms with Gasteiger partial charge in [0, 0.05) is 18.5 Å². The van der Waals surface area contributed by atoms with Crippen molar-refractivity contribution in [1.29, 1.82) is 0 Å². The van der Waals surface area contributed by atoms with Crippen molar-refractivity contribution in [1.82, 2.24) is 19.3 Å². The third-order valence-electron chi connectivity index (χ3n) is 4.93. The second-order valence-corrected chi connectivity index (χ2v) is 8.83. The molecule has 7 nitrogen and oxygen atoms in total. The molecule has 0 spiro atoms. The quantitative estimate of drug-likeness (QED) is 0.456. The number of imidazole rings is 1. The number of anilines is 1. The molecule has 0 saturated heterocycles. The lowest BCUT2D eigenvalue weighted by molar-refractivity contribution is 0.568. The summed E-state index contributed by atoms with van der Waals surface area (Å²) in [4.78, 5) is 9.12. The standard InChI is InChI=1S/C21H23N5O2S/c1-15-8-10-16(11-9-15)29(27,28)24-12-4-5-13-26-14-23-19-20(26)17-6-2-3-7-18(17)25-21(19)22/h2-3,6-11,14,24H,4-5,12-13H2,1H3,(H2,22,25). The van der Waals surface area contributed by atoms with Crippen molar-refractivity contribution >= 4 is 37.8 Å². The Kier molecular flexibility index (Phi) is 5.21. The summed E-state index contributed by atoms with van der Waals surface area (Å²) in [5, 5.41) is 1.01. The molecular formula is C21H23N5O2S. The Balaban J connectivity index is 1.41. The Morgan fingerprint density at radius 2 is 1.83 bits per heavy atom. The third kappa shape index (κ3) is 3.94. The number of fused-ring (bicyclic) bond motifs is 3. The van der Waals surface area contributed by atoms with Crippen LogP contribution in [0.2, 0.25) is 0 Å². The summed E-state index contributed by atoms with van der Waals surface area (Å²) in [6, 6.07) is 14.7. The second-order valence-electron chi connectivity index (χ2n) is 7.07. The lowest BCUT2D eigenvalue weighted by Gasteiger charge is -2.09. The summed E-state index contributed by atoms with van der Waals surface area (Å²) in [5.74, 6) is 0.420. The number of benzene rings is 2. The van der Waals surface area contributed by atoms with E-state index in [1.54, 1.807) is 30.6 Å². The van der Waals surface area contributed by atoms with Crippen LogP contribution in [0.5, 0.6) is 0 Å². The average molecular weight is 410 g/mol. The van der Waals surface area contributed by atoms with E-state index in [0.29, 0.717) is 24.3 Å². The van der Waals surface area contributed by atoms with E-state index in [2.05, 4.69) is 19.3 Å². The highest BCUT2D eigenvalue weighted by molar-refractivity contribution is 7.89. The topological polar surface area (TPSA) is 103 Å². The molecule has 0 aliphatic heterocycles. The summed E-state index contributed by atoms with van der Waals surface area (Å²) in [7, 11) is -3.47. The van der Waals surface area contributed by atoms with Gasteiger partial charge in [-0.1, -0.05) is 35.9 Å². The molecule has 0 bridgehead atoms. The summed E-state index contributed by atoms with van der Waals surface area (Å²) in [6.07, 6.45) is 3.29. The van der Waals surface area contributed by atoms with Gasteiger partial charge < -0.3 is 10.3 Å². The number of nitrogens with one attached hydrogen (secondary N) is 1. The Labute approximate surface area is 169 Å². The minimum Gasteiger partial charge on any atom is -0.382 e. The average Bonchev–Trinajstić information content (AvgIpc) is 3.13. The number of para-hydroxylation sites is 1. The number of aromatic nitrogens is 3. The fourth-order valence-corrected chi connectivity index (χ4v) is 4.46. The molecule has 2 heterocycles. The molecule has 0 aliphatic carbocycles. The van der Waals surface area contributed by atoms with Crippen LogP contribution in [0, 0.1) is 6.92 Å². The van der Waals surface area contributed by atoms with E-state index in [9.17, 15) is 8.42 Å². The molecule has 0 fully saturated rings. The molecule has 0 radical (unpaired) electrons. The van der Waals surface area contributed by atoms with Crippen LogP contribution in [-0.4, -0.2) is 29.5 Å². The first kappa shape index (κ1) is 19.4. The number of nitrogen functional groups attached to an aromatic ring is 1. The molecule has 8 heteroatoms. The number of aryl methyl sites for hydroxylation is 2. The van der Waals surface area contributed by atoms with Gasteiger partial charge in [0.2, 0.25) is 10.0 Å². The fourth-order valence-electron chi connectivity index (χ4n) is 3.39. The summed E-state index contributed by atoms with van der Waals surface area (Å²) in [5.41, 5.74) is 9.59. The first-order valence-corrected chi connectivity index (χ1v) is 11.0. The number of hydrogen-bond acceptors (Lipinski definition) is 5. The normalized spacial score (nSPS) is 12.0. The number of nitrogens with two attached hydrogens (primary N) is 1. The van der Waals surface area contributed by atoms with E-state index in [4.69, 9.17) is 5.73 Å². The first-order chi connectivity index (χ1) is 14.0. The number of nitrogens with zero attached hydrogens (tertiary/aromatic N) is 3. The van der Waals surface area contributed by atoms with Gasteiger partial charge in [-0.25, -0.2) is 23.1 Å². The van der Waals surface area contributed by atoms with Crippen molar-refractivity contribution in [2.45, 2.75) is 31.2 Å². The zero-order chi connectivity index (χ0) is 20.4. The maximum Gasteiger partial charge on any atom is 0.240 e. The van der Waals surface area contributed by atoms with Crippen LogP contribution in [0.1, 0.15) is 18.4 Å². The molecule has 4 aromatic rings. The highest BCUT2D eigenvalue weighted by Gasteiger charge is 2.14. The second kappa shape index (κ2) is 7.81.